The minimum Gasteiger partial charge on any atom is -0.489 e. The second kappa shape index (κ2) is 5.54. The van der Waals surface area contributed by atoms with E-state index in [0.29, 0.717) is 12.0 Å². The van der Waals surface area contributed by atoms with Crippen molar-refractivity contribution < 1.29 is 4.74 Å². The number of nitrogens with one attached hydrogen (secondary N) is 1. The highest BCUT2D eigenvalue weighted by Crippen LogP contribution is 2.26. The van der Waals surface area contributed by atoms with Crippen molar-refractivity contribution in [1.82, 2.24) is 5.32 Å². The molecule has 0 bridgehead atoms. The number of aryl methyl sites for hydroxylation is 1. The number of rotatable bonds is 3. The molecule has 1 heterocycles. The number of hydrogen-bond acceptors (Lipinski definition) is 2. The summed E-state index contributed by atoms with van der Waals surface area (Å²) in [6, 6.07) is 6.57. The van der Waals surface area contributed by atoms with E-state index in [1.165, 1.54) is 24.0 Å². The van der Waals surface area contributed by atoms with E-state index >= 15 is 0 Å². The van der Waals surface area contributed by atoms with E-state index in [2.05, 4.69) is 44.3 Å². The van der Waals surface area contributed by atoms with Gasteiger partial charge in [0.15, 0.2) is 0 Å². The van der Waals surface area contributed by atoms with Gasteiger partial charge < -0.3 is 10.1 Å². The lowest BCUT2D eigenvalue weighted by Gasteiger charge is -2.25. The molecule has 1 fully saturated rings. The van der Waals surface area contributed by atoms with Crippen molar-refractivity contribution in [3.63, 3.8) is 0 Å². The fraction of sp³-hybridized carbons (Fsp3) is 0.600. The fourth-order valence-corrected chi connectivity index (χ4v) is 2.20. The molecular formula is C15H23NO. The maximum absolute atomic E-state index is 6.11. The summed E-state index contributed by atoms with van der Waals surface area (Å²) in [5.41, 5.74) is 2.59. The molecule has 0 aromatic heterocycles. The third-order valence-electron chi connectivity index (χ3n) is 3.42. The van der Waals surface area contributed by atoms with Gasteiger partial charge in [-0.2, -0.15) is 0 Å². The van der Waals surface area contributed by atoms with Gasteiger partial charge in [0, 0.05) is 6.54 Å². The normalized spacial score (nSPS) is 20.6. The second-order valence-electron chi connectivity index (χ2n) is 5.27. The van der Waals surface area contributed by atoms with Crippen LogP contribution in [0.15, 0.2) is 18.2 Å². The lowest BCUT2D eigenvalue weighted by atomic mass is 10.0. The Hall–Kier alpha value is -1.02. The van der Waals surface area contributed by atoms with E-state index < -0.39 is 0 Å². The van der Waals surface area contributed by atoms with Crippen molar-refractivity contribution in [3.8, 4) is 5.75 Å². The third kappa shape index (κ3) is 3.22. The quantitative estimate of drug-likeness (QED) is 0.865. The molecule has 0 amide bonds. The van der Waals surface area contributed by atoms with Gasteiger partial charge in [0.25, 0.3) is 0 Å². The van der Waals surface area contributed by atoms with Gasteiger partial charge in [0.1, 0.15) is 11.9 Å². The van der Waals surface area contributed by atoms with Gasteiger partial charge in [-0.15, -0.1) is 0 Å². The van der Waals surface area contributed by atoms with Crippen LogP contribution in [0.4, 0.5) is 0 Å². The summed E-state index contributed by atoms with van der Waals surface area (Å²) >= 11 is 0. The Morgan fingerprint density at radius 3 is 2.82 bits per heavy atom. The summed E-state index contributed by atoms with van der Waals surface area (Å²) in [7, 11) is 0. The maximum atomic E-state index is 6.11. The average molecular weight is 233 g/mol. The number of piperidine rings is 1. The molecule has 1 saturated heterocycles. The molecule has 1 aromatic rings. The van der Waals surface area contributed by atoms with Crippen molar-refractivity contribution in [2.75, 3.05) is 13.1 Å². The summed E-state index contributed by atoms with van der Waals surface area (Å²) in [5, 5.41) is 3.39. The second-order valence-corrected chi connectivity index (χ2v) is 5.27. The molecule has 2 nitrogen and oxygen atoms in total. The van der Waals surface area contributed by atoms with Crippen LogP contribution in [0.1, 0.15) is 43.7 Å². The van der Waals surface area contributed by atoms with Crippen molar-refractivity contribution in [2.45, 2.75) is 45.6 Å². The Morgan fingerprint density at radius 1 is 1.35 bits per heavy atom. The van der Waals surface area contributed by atoms with Gasteiger partial charge in [-0.05, 0) is 49.4 Å². The summed E-state index contributed by atoms with van der Waals surface area (Å²) in [6.45, 7) is 8.67. The summed E-state index contributed by atoms with van der Waals surface area (Å²) in [5.74, 6) is 1.62. The lowest BCUT2D eigenvalue weighted by molar-refractivity contribution is 0.166. The molecule has 1 aromatic carbocycles. The van der Waals surface area contributed by atoms with Crippen molar-refractivity contribution >= 4 is 0 Å². The first-order chi connectivity index (χ1) is 8.16. The number of benzene rings is 1. The van der Waals surface area contributed by atoms with E-state index in [9.17, 15) is 0 Å². The zero-order valence-electron chi connectivity index (χ0n) is 11.1. The van der Waals surface area contributed by atoms with Crippen molar-refractivity contribution in [3.05, 3.63) is 29.3 Å². The SMILES string of the molecule is Cc1ccc(C(C)C)cc1OC1CCCNC1. The molecule has 17 heavy (non-hydrogen) atoms. The maximum Gasteiger partial charge on any atom is 0.122 e. The van der Waals surface area contributed by atoms with Crippen LogP contribution in [-0.2, 0) is 0 Å². The highest BCUT2D eigenvalue weighted by atomic mass is 16.5. The number of hydrogen-bond donors (Lipinski definition) is 1. The molecule has 1 N–H and O–H groups in total. The highest BCUT2D eigenvalue weighted by Gasteiger charge is 2.15. The first kappa shape index (κ1) is 12.4. The Bertz CT molecular complexity index is 367. The van der Waals surface area contributed by atoms with Gasteiger partial charge in [-0.3, -0.25) is 0 Å². The van der Waals surface area contributed by atoms with Crippen LogP contribution < -0.4 is 10.1 Å². The molecule has 1 aliphatic rings. The molecule has 2 rings (SSSR count). The van der Waals surface area contributed by atoms with E-state index in [1.807, 2.05) is 0 Å². The number of ether oxygens (including phenoxy) is 1. The van der Waals surface area contributed by atoms with Crippen LogP contribution in [0, 0.1) is 6.92 Å². The minimum absolute atomic E-state index is 0.338. The summed E-state index contributed by atoms with van der Waals surface area (Å²) in [6.07, 6.45) is 2.72. The zero-order valence-corrected chi connectivity index (χ0v) is 11.1. The topological polar surface area (TPSA) is 21.3 Å². The standard InChI is InChI=1S/C15H23NO/c1-11(2)13-7-6-12(3)15(9-13)17-14-5-4-8-16-10-14/h6-7,9,11,14,16H,4-5,8,10H2,1-3H3. The van der Waals surface area contributed by atoms with Gasteiger partial charge in [-0.25, -0.2) is 0 Å². The van der Waals surface area contributed by atoms with Crippen LogP contribution in [0.3, 0.4) is 0 Å². The molecule has 94 valence electrons. The van der Waals surface area contributed by atoms with E-state index in [1.54, 1.807) is 0 Å². The molecule has 1 unspecified atom stereocenters. The molecular weight excluding hydrogens is 210 g/mol. The summed E-state index contributed by atoms with van der Waals surface area (Å²) < 4.78 is 6.11. The Labute approximate surface area is 104 Å². The highest BCUT2D eigenvalue weighted by molar-refractivity contribution is 5.38. The van der Waals surface area contributed by atoms with Gasteiger partial charge in [-0.1, -0.05) is 26.0 Å². The van der Waals surface area contributed by atoms with Gasteiger partial charge in [0.2, 0.25) is 0 Å². The van der Waals surface area contributed by atoms with Crippen LogP contribution in [0.2, 0.25) is 0 Å². The van der Waals surface area contributed by atoms with Crippen molar-refractivity contribution in [1.29, 1.82) is 0 Å². The molecule has 0 aliphatic carbocycles. The Morgan fingerprint density at radius 2 is 2.18 bits per heavy atom. The largest absolute Gasteiger partial charge is 0.489 e. The van der Waals surface area contributed by atoms with Crippen LogP contribution in [-0.4, -0.2) is 19.2 Å². The Kier molecular flexibility index (Phi) is 4.06. The van der Waals surface area contributed by atoms with Crippen LogP contribution in [0.25, 0.3) is 0 Å². The van der Waals surface area contributed by atoms with E-state index in [0.717, 1.165) is 18.8 Å². The molecule has 1 aliphatic heterocycles. The Balaban J connectivity index is 2.10. The van der Waals surface area contributed by atoms with Crippen LogP contribution >= 0.6 is 0 Å². The lowest BCUT2D eigenvalue weighted by Crippen LogP contribution is -2.37. The smallest absolute Gasteiger partial charge is 0.122 e. The fourth-order valence-electron chi connectivity index (χ4n) is 2.20. The molecule has 0 radical (unpaired) electrons. The molecule has 2 heteroatoms. The first-order valence-electron chi connectivity index (χ1n) is 6.64. The summed E-state index contributed by atoms with van der Waals surface area (Å²) in [4.78, 5) is 0. The minimum atomic E-state index is 0.338. The van der Waals surface area contributed by atoms with Crippen LogP contribution in [0.5, 0.6) is 5.75 Å². The predicted molar refractivity (Wildman–Crippen MR) is 71.8 cm³/mol. The molecule has 0 saturated carbocycles. The molecule has 1 atom stereocenters. The predicted octanol–water partition coefficient (Wildman–Crippen LogP) is 3.25. The van der Waals surface area contributed by atoms with E-state index in [4.69, 9.17) is 4.74 Å². The monoisotopic (exact) mass is 233 g/mol. The third-order valence-corrected chi connectivity index (χ3v) is 3.42. The molecule has 0 spiro atoms. The van der Waals surface area contributed by atoms with Crippen molar-refractivity contribution in [2.24, 2.45) is 0 Å². The zero-order chi connectivity index (χ0) is 12.3. The van der Waals surface area contributed by atoms with Gasteiger partial charge in [0.05, 0.1) is 0 Å². The first-order valence-corrected chi connectivity index (χ1v) is 6.64. The average Bonchev–Trinajstić information content (AvgIpc) is 2.33. The van der Waals surface area contributed by atoms with E-state index in [-0.39, 0.29) is 0 Å². The van der Waals surface area contributed by atoms with Gasteiger partial charge >= 0.3 is 0 Å².